The predicted octanol–water partition coefficient (Wildman–Crippen LogP) is -2.09. The van der Waals surface area contributed by atoms with Crippen LogP contribution >= 0.6 is 8.60 Å². The van der Waals surface area contributed by atoms with Crippen molar-refractivity contribution in [1.29, 1.82) is 0 Å². The molecule has 2 atom stereocenters. The number of hydrogen-bond donors (Lipinski definition) is 7. The van der Waals surface area contributed by atoms with Gasteiger partial charge >= 0.3 is 8.60 Å². The highest BCUT2D eigenvalue weighted by atomic mass is 31.2. The second-order valence-electron chi connectivity index (χ2n) is 2.33. The van der Waals surface area contributed by atoms with Crippen LogP contribution in [0.2, 0.25) is 0 Å². The lowest BCUT2D eigenvalue weighted by atomic mass is 10.5. The molecule has 0 amide bonds. The van der Waals surface area contributed by atoms with Gasteiger partial charge in [0.1, 0.15) is 0 Å². The van der Waals surface area contributed by atoms with Crippen LogP contribution in [0, 0.1) is 0 Å². The van der Waals surface area contributed by atoms with Gasteiger partial charge in [0.05, 0.1) is 25.4 Å². The molecule has 0 aliphatic heterocycles. The molecule has 8 heteroatoms. The Labute approximate surface area is 83.9 Å². The van der Waals surface area contributed by atoms with Crippen LogP contribution in [-0.2, 0) is 0 Å². The van der Waals surface area contributed by atoms with Crippen LogP contribution in [0.3, 0.4) is 0 Å². The van der Waals surface area contributed by atoms with E-state index in [0.29, 0.717) is 0 Å². The number of hydrogen-bond acceptors (Lipinski definition) is 7. The Kier molecular flexibility index (Phi) is 22.0. The first-order valence-corrected chi connectivity index (χ1v) is 4.92. The first-order valence-electron chi connectivity index (χ1n) is 3.72. The normalized spacial score (nSPS) is 13.3. The number of aliphatic hydroxyl groups excluding tert-OH is 4. The molecule has 0 saturated carbocycles. The second-order valence-corrected chi connectivity index (χ2v) is 2.87. The molecule has 7 N–H and O–H groups in total. The third-order valence-electron chi connectivity index (χ3n) is 0.528. The van der Waals surface area contributed by atoms with Crippen LogP contribution in [0.15, 0.2) is 0 Å². The maximum Gasteiger partial charge on any atom is 0.324 e. The summed E-state index contributed by atoms with van der Waals surface area (Å²) in [5.41, 5.74) is 0. The third-order valence-corrected chi connectivity index (χ3v) is 0.528. The minimum atomic E-state index is -2.62. The maximum atomic E-state index is 8.11. The largest absolute Gasteiger partial charge is 0.394 e. The Morgan fingerprint density at radius 2 is 0.929 bits per heavy atom. The average Bonchev–Trinajstić information content (AvgIpc) is 2.04. The SMILES string of the molecule is CC(O)CO.CC(O)CO.OP(O)O. The molecule has 0 rings (SSSR count). The molecular weight excluding hydrogens is 215 g/mol. The van der Waals surface area contributed by atoms with E-state index in [9.17, 15) is 0 Å². The third kappa shape index (κ3) is 87.7. The van der Waals surface area contributed by atoms with Crippen molar-refractivity contribution in [3.63, 3.8) is 0 Å². The van der Waals surface area contributed by atoms with E-state index in [2.05, 4.69) is 0 Å². The molecular formula is C6H19O7P. The lowest BCUT2D eigenvalue weighted by Crippen LogP contribution is -2.03. The minimum absolute atomic E-state index is 0.139. The van der Waals surface area contributed by atoms with Gasteiger partial charge in [0, 0.05) is 0 Å². The molecule has 2 unspecified atom stereocenters. The van der Waals surface area contributed by atoms with Crippen LogP contribution in [-0.4, -0.2) is 60.5 Å². The van der Waals surface area contributed by atoms with E-state index in [1.165, 1.54) is 13.8 Å². The lowest BCUT2D eigenvalue weighted by molar-refractivity contribution is 0.110. The smallest absolute Gasteiger partial charge is 0.324 e. The molecule has 0 aromatic carbocycles. The van der Waals surface area contributed by atoms with Crippen molar-refractivity contribution in [3.8, 4) is 0 Å². The summed E-state index contributed by atoms with van der Waals surface area (Å²) in [6, 6.07) is 0. The van der Waals surface area contributed by atoms with Gasteiger partial charge in [-0.2, -0.15) is 0 Å². The zero-order valence-corrected chi connectivity index (χ0v) is 9.04. The van der Waals surface area contributed by atoms with E-state index in [0.717, 1.165) is 0 Å². The molecule has 0 aliphatic rings. The van der Waals surface area contributed by atoms with Gasteiger partial charge in [-0.15, -0.1) is 0 Å². The second kappa shape index (κ2) is 15.6. The first kappa shape index (κ1) is 19.7. The quantitative estimate of drug-likeness (QED) is 0.271. The van der Waals surface area contributed by atoms with Gasteiger partial charge in [0.25, 0.3) is 0 Å². The van der Waals surface area contributed by atoms with Gasteiger partial charge in [-0.05, 0) is 13.8 Å². The van der Waals surface area contributed by atoms with Crippen molar-refractivity contribution in [2.75, 3.05) is 13.2 Å². The Balaban J connectivity index is -0.000000131. The fourth-order valence-corrected chi connectivity index (χ4v) is 0. The van der Waals surface area contributed by atoms with Crippen LogP contribution in [0.5, 0.6) is 0 Å². The zero-order chi connectivity index (χ0) is 12.1. The van der Waals surface area contributed by atoms with Gasteiger partial charge in [-0.3, -0.25) is 0 Å². The zero-order valence-electron chi connectivity index (χ0n) is 8.15. The lowest BCUT2D eigenvalue weighted by Gasteiger charge is -1.90. The topological polar surface area (TPSA) is 142 Å². The molecule has 0 radical (unpaired) electrons. The summed E-state index contributed by atoms with van der Waals surface area (Å²) in [4.78, 5) is 21.7. The number of rotatable bonds is 2. The van der Waals surface area contributed by atoms with Crippen molar-refractivity contribution in [1.82, 2.24) is 0 Å². The fourth-order valence-electron chi connectivity index (χ4n) is 0. The molecule has 0 bridgehead atoms. The first-order chi connectivity index (χ1) is 6.27. The Hall–Kier alpha value is 0.150. The van der Waals surface area contributed by atoms with E-state index < -0.39 is 20.8 Å². The van der Waals surface area contributed by atoms with Gasteiger partial charge in [-0.1, -0.05) is 0 Å². The monoisotopic (exact) mass is 234 g/mol. The van der Waals surface area contributed by atoms with Crippen molar-refractivity contribution >= 4 is 8.60 Å². The predicted molar refractivity (Wildman–Crippen MR) is 51.1 cm³/mol. The Bertz CT molecular complexity index is 77.5. The Morgan fingerprint density at radius 3 is 0.929 bits per heavy atom. The molecule has 0 heterocycles. The van der Waals surface area contributed by atoms with Crippen molar-refractivity contribution < 1.29 is 35.1 Å². The standard InChI is InChI=1S/2C3H8O2.H3O3P/c2*1-3(5)2-4;1-4(2)3/h2*3-5H,2H2,1H3;1-3H. The van der Waals surface area contributed by atoms with Gasteiger partial charge < -0.3 is 35.1 Å². The number of aliphatic hydroxyl groups is 4. The van der Waals surface area contributed by atoms with Crippen LogP contribution in [0.25, 0.3) is 0 Å². The summed E-state index contributed by atoms with van der Waals surface area (Å²) in [6.07, 6.45) is -1.12. The average molecular weight is 234 g/mol. The summed E-state index contributed by atoms with van der Waals surface area (Å²) in [5.74, 6) is 0. The summed E-state index contributed by atoms with van der Waals surface area (Å²) < 4.78 is 0. The van der Waals surface area contributed by atoms with E-state index in [1.54, 1.807) is 0 Å². The van der Waals surface area contributed by atoms with Crippen LogP contribution in [0.4, 0.5) is 0 Å². The van der Waals surface area contributed by atoms with E-state index >= 15 is 0 Å². The molecule has 0 aliphatic carbocycles. The van der Waals surface area contributed by atoms with E-state index in [4.69, 9.17) is 35.1 Å². The van der Waals surface area contributed by atoms with Crippen molar-refractivity contribution in [2.45, 2.75) is 26.1 Å². The highest BCUT2D eigenvalue weighted by Crippen LogP contribution is 2.11. The summed E-state index contributed by atoms with van der Waals surface area (Å²) >= 11 is 0. The summed E-state index contributed by atoms with van der Waals surface area (Å²) in [7, 11) is -2.62. The molecule has 0 saturated heterocycles. The molecule has 0 spiro atoms. The van der Waals surface area contributed by atoms with Crippen molar-refractivity contribution in [3.05, 3.63) is 0 Å². The van der Waals surface area contributed by atoms with Crippen molar-refractivity contribution in [2.24, 2.45) is 0 Å². The molecule has 0 aromatic rings. The maximum absolute atomic E-state index is 8.11. The molecule has 90 valence electrons. The minimum Gasteiger partial charge on any atom is -0.394 e. The fraction of sp³-hybridized carbons (Fsp3) is 1.00. The molecule has 0 fully saturated rings. The summed E-state index contributed by atoms with van der Waals surface area (Å²) in [6.45, 7) is 2.78. The highest BCUT2D eigenvalue weighted by Gasteiger charge is 1.83. The van der Waals surface area contributed by atoms with Gasteiger partial charge in [0.2, 0.25) is 0 Å². The Morgan fingerprint density at radius 1 is 0.857 bits per heavy atom. The van der Waals surface area contributed by atoms with Crippen LogP contribution < -0.4 is 0 Å². The van der Waals surface area contributed by atoms with E-state index in [1.807, 2.05) is 0 Å². The molecule has 0 aromatic heterocycles. The van der Waals surface area contributed by atoms with Gasteiger partial charge in [0.15, 0.2) is 0 Å². The molecule has 7 nitrogen and oxygen atoms in total. The highest BCUT2D eigenvalue weighted by molar-refractivity contribution is 7.38. The van der Waals surface area contributed by atoms with Crippen LogP contribution in [0.1, 0.15) is 13.8 Å². The van der Waals surface area contributed by atoms with E-state index in [-0.39, 0.29) is 13.2 Å². The molecule has 14 heavy (non-hydrogen) atoms. The van der Waals surface area contributed by atoms with Gasteiger partial charge in [-0.25, -0.2) is 0 Å². The summed E-state index contributed by atoms with van der Waals surface area (Å²) in [5, 5.41) is 32.0.